The smallest absolute Gasteiger partial charge is 1.00 e. The zero-order valence-corrected chi connectivity index (χ0v) is 26.5. The van der Waals surface area contributed by atoms with E-state index in [0.29, 0.717) is 33.6 Å². The maximum absolute atomic E-state index is 14.0. The summed E-state index contributed by atoms with van der Waals surface area (Å²) in [5, 5.41) is 32.4. The summed E-state index contributed by atoms with van der Waals surface area (Å²) in [4.78, 5) is 25.0. The number of hydrogen-bond acceptors (Lipinski definition) is 4. The third-order valence-corrected chi connectivity index (χ3v) is 6.74. The Morgan fingerprint density at radius 3 is 1.80 bits per heavy atom. The number of benzene rings is 3. The predicted molar refractivity (Wildman–Crippen MR) is 159 cm³/mol. The number of anilines is 1. The second-order valence-corrected chi connectivity index (χ2v) is 10.3. The van der Waals surface area contributed by atoms with Gasteiger partial charge in [-0.15, -0.1) is 0 Å². The van der Waals surface area contributed by atoms with Crippen molar-refractivity contribution >= 4 is 23.6 Å². The molecular weight excluding hydrogens is 584 g/mol. The molecule has 44 heavy (non-hydrogen) atoms. The van der Waals surface area contributed by atoms with Crippen LogP contribution in [-0.4, -0.2) is 44.0 Å². The van der Waals surface area contributed by atoms with Crippen molar-refractivity contribution in [1.29, 1.82) is 0 Å². The molecule has 2 atom stereocenters. The fraction of sp³-hybridized carbons (Fsp3) is 0.212. The van der Waals surface area contributed by atoms with E-state index in [1.807, 2.05) is 13.8 Å². The number of aliphatic hydroxyl groups excluding tert-OH is 2. The summed E-state index contributed by atoms with van der Waals surface area (Å²) in [5.74, 6) is -3.22. The number of aromatic nitrogens is 1. The van der Waals surface area contributed by atoms with Gasteiger partial charge in [0.1, 0.15) is 23.1 Å². The van der Waals surface area contributed by atoms with E-state index in [1.54, 1.807) is 10.6 Å². The average Bonchev–Trinajstić information content (AvgIpc) is 3.29. The minimum Gasteiger partial charge on any atom is -1.00 e. The molecule has 4 rings (SSSR count). The van der Waals surface area contributed by atoms with Crippen molar-refractivity contribution in [2.24, 2.45) is 0 Å². The number of nitrogens with one attached hydrogen (secondary N) is 1. The fourth-order valence-corrected chi connectivity index (χ4v) is 4.91. The molecule has 0 bridgehead atoms. The number of carboxylic acid groups (broad SMARTS) is 1. The van der Waals surface area contributed by atoms with E-state index in [2.05, 4.69) is 5.32 Å². The largest absolute Gasteiger partial charge is 1.00 e. The number of aliphatic hydroxyl groups is 2. The molecule has 0 saturated carbocycles. The first kappa shape index (κ1) is 34.8. The van der Waals surface area contributed by atoms with Crippen LogP contribution in [0.25, 0.3) is 28.3 Å². The van der Waals surface area contributed by atoms with Crippen LogP contribution in [0.15, 0.2) is 78.9 Å². The number of amides is 1. The van der Waals surface area contributed by atoms with E-state index in [9.17, 15) is 33.0 Å². The van der Waals surface area contributed by atoms with Gasteiger partial charge in [-0.2, -0.15) is 0 Å². The second-order valence-electron chi connectivity index (χ2n) is 10.3. The van der Waals surface area contributed by atoms with Gasteiger partial charge in [0.25, 0.3) is 5.91 Å². The van der Waals surface area contributed by atoms with Crippen LogP contribution in [0, 0.1) is 17.5 Å². The van der Waals surface area contributed by atoms with Crippen LogP contribution in [0.1, 0.15) is 50.3 Å². The third kappa shape index (κ3) is 8.49. The van der Waals surface area contributed by atoms with Gasteiger partial charge >= 0.3 is 35.5 Å². The molecule has 3 aromatic carbocycles. The minimum atomic E-state index is -1.29. The zero-order chi connectivity index (χ0) is 31.3. The van der Waals surface area contributed by atoms with Crippen molar-refractivity contribution in [2.45, 2.75) is 44.9 Å². The van der Waals surface area contributed by atoms with Crippen LogP contribution in [0.3, 0.4) is 0 Å². The Kier molecular flexibility index (Phi) is 12.2. The minimum absolute atomic E-state index is 0. The third-order valence-electron chi connectivity index (χ3n) is 6.74. The zero-order valence-electron chi connectivity index (χ0n) is 25.5. The molecule has 0 saturated heterocycles. The second kappa shape index (κ2) is 15.4. The van der Waals surface area contributed by atoms with Gasteiger partial charge in [-0.25, -0.2) is 13.2 Å². The van der Waals surface area contributed by atoms with Crippen LogP contribution >= 0.6 is 0 Å². The Morgan fingerprint density at radius 1 is 0.841 bits per heavy atom. The number of carbonyl (C=O) groups is 2. The maximum atomic E-state index is 14.0. The standard InChI is InChI=1S/C33H31F3N2O5.Na.H/c1-19(2)38-28(16-15-26(39)17-27(40)18-29(41)42)30(20-3-7-22(34)8-4-20)31(21-5-9-23(35)10-6-21)32(38)33(43)37-25-13-11-24(36)12-14-25;;/h3-16,19,26-27,39-40H,17-18H2,1-2H3,(H,37,43)(H,41,42);;/q;+1;-1/b16-15+;;/t26-,27-;;/m1../s1. The summed E-state index contributed by atoms with van der Waals surface area (Å²) in [6.07, 6.45) is -0.397. The summed E-state index contributed by atoms with van der Waals surface area (Å²) >= 11 is 0. The van der Waals surface area contributed by atoms with E-state index in [0.717, 1.165) is 0 Å². The number of carbonyl (C=O) groups excluding carboxylic acids is 1. The number of hydrogen-bond donors (Lipinski definition) is 4. The molecule has 226 valence electrons. The summed E-state index contributed by atoms with van der Waals surface area (Å²) in [5.41, 5.74) is 2.84. The monoisotopic (exact) mass is 616 g/mol. The molecule has 0 aliphatic carbocycles. The first-order valence-corrected chi connectivity index (χ1v) is 13.6. The molecule has 4 N–H and O–H groups in total. The molecule has 0 aliphatic heterocycles. The molecule has 1 aromatic heterocycles. The van der Waals surface area contributed by atoms with E-state index in [1.165, 1.54) is 78.9 Å². The number of aliphatic carboxylic acids is 1. The van der Waals surface area contributed by atoms with Crippen molar-refractivity contribution in [1.82, 2.24) is 4.57 Å². The normalized spacial score (nSPS) is 12.6. The first-order chi connectivity index (χ1) is 20.4. The van der Waals surface area contributed by atoms with Crippen LogP contribution in [0.5, 0.6) is 0 Å². The van der Waals surface area contributed by atoms with Crippen LogP contribution in [-0.2, 0) is 4.79 Å². The van der Waals surface area contributed by atoms with Crippen molar-refractivity contribution in [3.05, 3.63) is 108 Å². The van der Waals surface area contributed by atoms with E-state index >= 15 is 0 Å². The van der Waals surface area contributed by atoms with E-state index < -0.39 is 48.0 Å². The molecule has 0 radical (unpaired) electrons. The predicted octanol–water partition coefficient (Wildman–Crippen LogP) is 3.79. The molecule has 1 heterocycles. The average molecular weight is 617 g/mol. The summed E-state index contributed by atoms with van der Waals surface area (Å²) in [7, 11) is 0. The fourth-order valence-electron chi connectivity index (χ4n) is 4.91. The summed E-state index contributed by atoms with van der Waals surface area (Å²) in [6, 6.07) is 16.0. The van der Waals surface area contributed by atoms with Gasteiger partial charge in [-0.1, -0.05) is 30.3 Å². The van der Waals surface area contributed by atoms with Gasteiger partial charge < -0.3 is 26.6 Å². The number of rotatable bonds is 11. The SMILES string of the molecule is CC(C)n1c(/C=C/[C@@H](O)C[C@@H](O)CC(=O)O)c(-c2ccc(F)cc2)c(-c2ccc(F)cc2)c1C(=O)Nc1ccc(F)cc1.[H-].[Na+]. The van der Waals surface area contributed by atoms with Crippen LogP contribution < -0.4 is 34.9 Å². The number of nitrogens with zero attached hydrogens (tertiary/aromatic N) is 1. The molecule has 0 aliphatic rings. The quantitative estimate of drug-likeness (QED) is 0.192. The van der Waals surface area contributed by atoms with E-state index in [-0.39, 0.29) is 49.1 Å². The molecule has 11 heteroatoms. The van der Waals surface area contributed by atoms with Gasteiger partial charge in [0.2, 0.25) is 0 Å². The molecule has 4 aromatic rings. The Balaban J connectivity index is 0.00000353. The Labute approximate surface area is 276 Å². The van der Waals surface area contributed by atoms with Gasteiger partial charge in [-0.3, -0.25) is 9.59 Å². The number of carboxylic acids is 1. The Bertz CT molecular complexity index is 1630. The van der Waals surface area contributed by atoms with Crippen molar-refractivity contribution < 1.29 is 69.1 Å². The Morgan fingerprint density at radius 2 is 1.32 bits per heavy atom. The van der Waals surface area contributed by atoms with E-state index in [4.69, 9.17) is 5.11 Å². The van der Waals surface area contributed by atoms with Gasteiger partial charge in [0.05, 0.1) is 18.6 Å². The van der Waals surface area contributed by atoms with Crippen molar-refractivity contribution in [3.63, 3.8) is 0 Å². The maximum Gasteiger partial charge on any atom is 1.00 e. The molecule has 1 amide bonds. The van der Waals surface area contributed by atoms with Crippen LogP contribution in [0.2, 0.25) is 0 Å². The number of halogens is 3. The van der Waals surface area contributed by atoms with Crippen molar-refractivity contribution in [3.8, 4) is 22.3 Å². The van der Waals surface area contributed by atoms with Gasteiger partial charge in [-0.05, 0) is 79.6 Å². The van der Waals surface area contributed by atoms with Crippen LogP contribution in [0.4, 0.5) is 18.9 Å². The summed E-state index contributed by atoms with van der Waals surface area (Å²) < 4.78 is 43.3. The molecule has 0 fully saturated rings. The van der Waals surface area contributed by atoms with Gasteiger partial charge in [0, 0.05) is 35.0 Å². The van der Waals surface area contributed by atoms with Gasteiger partial charge in [0.15, 0.2) is 0 Å². The molecule has 0 spiro atoms. The first-order valence-electron chi connectivity index (χ1n) is 13.6. The topological polar surface area (TPSA) is 112 Å². The molecule has 0 unspecified atom stereocenters. The van der Waals surface area contributed by atoms with Crippen molar-refractivity contribution in [2.75, 3.05) is 5.32 Å². The molecule has 7 nitrogen and oxygen atoms in total. The Hall–Kier alpha value is -3.67. The summed E-state index contributed by atoms with van der Waals surface area (Å²) in [6.45, 7) is 3.67. The molecular formula is C33H32F3N2NaO5.